The number of pyridine rings is 1. The number of rotatable bonds is 6. The van der Waals surface area contributed by atoms with Crippen LogP contribution in [-0.2, 0) is 4.79 Å². The lowest BCUT2D eigenvalue weighted by molar-refractivity contribution is -0.127. The van der Waals surface area contributed by atoms with Gasteiger partial charge in [0.25, 0.3) is 5.91 Å². The fraction of sp³-hybridized carbons (Fsp3) is 0.423. The number of nitrogens with zero attached hydrogens (tertiary/aromatic N) is 5. The van der Waals surface area contributed by atoms with Crippen molar-refractivity contribution in [2.75, 3.05) is 26.0 Å². The van der Waals surface area contributed by atoms with Gasteiger partial charge in [-0.3, -0.25) is 14.6 Å². The number of nitrogens with one attached hydrogen (secondary N) is 2. The van der Waals surface area contributed by atoms with E-state index in [1.165, 1.54) is 17.3 Å². The van der Waals surface area contributed by atoms with E-state index in [1.807, 2.05) is 18.2 Å². The first kappa shape index (κ1) is 23.8. The molecule has 10 heteroatoms. The molecular formula is C26H29N7O3. The van der Waals surface area contributed by atoms with Gasteiger partial charge >= 0.3 is 0 Å². The lowest BCUT2D eigenvalue weighted by atomic mass is 9.63. The molecule has 2 amide bonds. The van der Waals surface area contributed by atoms with Gasteiger partial charge in [0.05, 0.1) is 52.1 Å². The van der Waals surface area contributed by atoms with E-state index >= 15 is 0 Å². The Morgan fingerprint density at radius 2 is 1.86 bits per heavy atom. The number of aliphatic hydroxyl groups is 1. The zero-order valence-corrected chi connectivity index (χ0v) is 20.4. The lowest BCUT2D eigenvalue weighted by Crippen LogP contribution is -2.54. The molecule has 186 valence electrons. The van der Waals surface area contributed by atoms with Crippen LogP contribution in [0.25, 0.3) is 16.9 Å². The van der Waals surface area contributed by atoms with E-state index in [0.717, 1.165) is 49.7 Å². The zero-order valence-electron chi connectivity index (χ0n) is 20.4. The van der Waals surface area contributed by atoms with Crippen molar-refractivity contribution >= 4 is 23.0 Å². The van der Waals surface area contributed by atoms with Crippen LogP contribution >= 0.6 is 0 Å². The highest BCUT2D eigenvalue weighted by Gasteiger charge is 2.48. The highest BCUT2D eigenvalue weighted by molar-refractivity contribution is 6.01. The van der Waals surface area contributed by atoms with Crippen LogP contribution in [0.5, 0.6) is 0 Å². The Morgan fingerprint density at radius 1 is 1.14 bits per heavy atom. The molecule has 3 aliphatic carbocycles. The van der Waals surface area contributed by atoms with Crippen molar-refractivity contribution in [3.05, 3.63) is 47.8 Å². The molecule has 0 atom stereocenters. The Kier molecular flexibility index (Phi) is 5.88. The summed E-state index contributed by atoms with van der Waals surface area (Å²) in [5, 5.41) is 30.6. The molecule has 3 aromatic heterocycles. The fourth-order valence-corrected chi connectivity index (χ4v) is 5.18. The third-order valence-corrected chi connectivity index (χ3v) is 7.55. The first-order chi connectivity index (χ1) is 17.2. The molecule has 0 aliphatic heterocycles. The molecule has 0 aromatic carbocycles. The topological polar surface area (TPSA) is 136 Å². The molecule has 6 rings (SSSR count). The van der Waals surface area contributed by atoms with Crippen molar-refractivity contribution in [3.8, 4) is 17.5 Å². The summed E-state index contributed by atoms with van der Waals surface area (Å²) in [6.45, 7) is -0.111. The van der Waals surface area contributed by atoms with Crippen LogP contribution in [0.3, 0.4) is 0 Å². The number of anilines is 1. The summed E-state index contributed by atoms with van der Waals surface area (Å²) < 4.78 is 1.71. The second kappa shape index (κ2) is 8.91. The van der Waals surface area contributed by atoms with E-state index in [0.29, 0.717) is 22.5 Å². The number of carbonyl (C=O) groups is 2. The van der Waals surface area contributed by atoms with E-state index in [-0.39, 0.29) is 23.9 Å². The van der Waals surface area contributed by atoms with Crippen molar-refractivity contribution in [1.82, 2.24) is 24.8 Å². The van der Waals surface area contributed by atoms with E-state index in [2.05, 4.69) is 26.8 Å². The first-order valence-electron chi connectivity index (χ1n) is 12.1. The molecule has 0 spiro atoms. The van der Waals surface area contributed by atoms with E-state index in [9.17, 15) is 20.0 Å². The van der Waals surface area contributed by atoms with Crippen LogP contribution in [0.1, 0.15) is 54.4 Å². The van der Waals surface area contributed by atoms with E-state index < -0.39 is 5.60 Å². The molecule has 0 saturated heterocycles. The summed E-state index contributed by atoms with van der Waals surface area (Å²) in [5.41, 5.74) is 2.79. The van der Waals surface area contributed by atoms with Gasteiger partial charge in [0, 0.05) is 25.8 Å². The minimum atomic E-state index is -0.571. The van der Waals surface area contributed by atoms with E-state index in [1.54, 1.807) is 24.7 Å². The predicted octanol–water partition coefficient (Wildman–Crippen LogP) is 2.34. The van der Waals surface area contributed by atoms with Crippen LogP contribution in [0, 0.1) is 11.3 Å². The van der Waals surface area contributed by atoms with Gasteiger partial charge in [-0.1, -0.05) is 0 Å². The number of aromatic nitrogens is 3. The maximum Gasteiger partial charge on any atom is 0.255 e. The van der Waals surface area contributed by atoms with Crippen LogP contribution in [0.2, 0.25) is 0 Å². The van der Waals surface area contributed by atoms with Crippen molar-refractivity contribution in [3.63, 3.8) is 0 Å². The number of amides is 2. The number of likely N-dealkylation sites (N-methyl/N-ethyl adjacent to an activating group) is 1. The quantitative estimate of drug-likeness (QED) is 0.486. The van der Waals surface area contributed by atoms with E-state index in [4.69, 9.17) is 0 Å². The minimum absolute atomic E-state index is 0.111. The van der Waals surface area contributed by atoms with Crippen LogP contribution in [0.4, 0.5) is 5.69 Å². The fourth-order valence-electron chi connectivity index (χ4n) is 5.18. The number of nitriles is 1. The van der Waals surface area contributed by atoms with Crippen molar-refractivity contribution in [2.24, 2.45) is 0 Å². The highest BCUT2D eigenvalue weighted by atomic mass is 16.3. The van der Waals surface area contributed by atoms with Crippen LogP contribution in [-0.4, -0.2) is 68.2 Å². The van der Waals surface area contributed by atoms with Gasteiger partial charge in [0.2, 0.25) is 5.91 Å². The van der Waals surface area contributed by atoms with Crippen molar-refractivity contribution in [2.45, 2.75) is 49.7 Å². The standard InChI is InChI=1S/C26H29N7O3/c1-32(2)23(34)16-29-24(35)19-15-28-21(22-4-3-18-11-17(13-27)14-30-33(18)22)12-20(19)31-25-5-8-26(36,9-6-25)10-7-25/h3-4,11-12,14-15,36H,5-10,16H2,1-2H3,(H,28,31)(H,29,35). The molecular weight excluding hydrogens is 458 g/mol. The van der Waals surface area contributed by atoms with Gasteiger partial charge < -0.3 is 20.6 Å². The molecule has 2 bridgehead atoms. The predicted molar refractivity (Wildman–Crippen MR) is 133 cm³/mol. The lowest BCUT2D eigenvalue weighted by Gasteiger charge is -2.51. The summed E-state index contributed by atoms with van der Waals surface area (Å²) in [6.07, 6.45) is 7.65. The largest absolute Gasteiger partial charge is 0.390 e. The smallest absolute Gasteiger partial charge is 0.255 e. The molecule has 0 radical (unpaired) electrons. The molecule has 10 nitrogen and oxygen atoms in total. The van der Waals surface area contributed by atoms with Crippen LogP contribution < -0.4 is 10.6 Å². The zero-order chi connectivity index (χ0) is 25.5. The molecule has 36 heavy (non-hydrogen) atoms. The Labute approximate surface area is 208 Å². The maximum absolute atomic E-state index is 13.1. The Morgan fingerprint density at radius 3 is 2.53 bits per heavy atom. The summed E-state index contributed by atoms with van der Waals surface area (Å²) in [6, 6.07) is 9.44. The SMILES string of the molecule is CN(C)C(=O)CNC(=O)c1cnc(-c2ccc3cc(C#N)cnn23)cc1NC12CCC(O)(CC1)CC2. The first-order valence-corrected chi connectivity index (χ1v) is 12.1. The van der Waals surface area contributed by atoms with Gasteiger partial charge in [-0.15, -0.1) is 0 Å². The third kappa shape index (κ3) is 4.38. The van der Waals surface area contributed by atoms with Gasteiger partial charge in [0.15, 0.2) is 0 Å². The van der Waals surface area contributed by atoms with Gasteiger partial charge in [-0.25, -0.2) is 4.52 Å². The van der Waals surface area contributed by atoms with Gasteiger partial charge in [0.1, 0.15) is 6.07 Å². The molecule has 3 aromatic rings. The minimum Gasteiger partial charge on any atom is -0.390 e. The number of carbonyl (C=O) groups excluding carboxylic acids is 2. The van der Waals surface area contributed by atoms with Gasteiger partial charge in [-0.05, 0) is 62.8 Å². The number of hydrogen-bond acceptors (Lipinski definition) is 7. The van der Waals surface area contributed by atoms with Crippen LogP contribution in [0.15, 0.2) is 36.7 Å². The Bertz CT molecular complexity index is 1360. The molecule has 3 aliphatic rings. The monoisotopic (exact) mass is 487 g/mol. The second-order valence-corrected chi connectivity index (χ2v) is 10.1. The average molecular weight is 488 g/mol. The number of hydrogen-bond donors (Lipinski definition) is 3. The molecule has 3 N–H and O–H groups in total. The Hall–Kier alpha value is -3.97. The summed E-state index contributed by atoms with van der Waals surface area (Å²) in [4.78, 5) is 31.1. The molecule has 3 fully saturated rings. The molecule has 3 heterocycles. The van der Waals surface area contributed by atoms with Gasteiger partial charge in [-0.2, -0.15) is 10.4 Å². The summed E-state index contributed by atoms with van der Waals surface area (Å²) in [5.74, 6) is -0.592. The van der Waals surface area contributed by atoms with Crippen molar-refractivity contribution < 1.29 is 14.7 Å². The normalized spacial score (nSPS) is 22.7. The highest BCUT2D eigenvalue weighted by Crippen LogP contribution is 2.48. The third-order valence-electron chi connectivity index (χ3n) is 7.55. The second-order valence-electron chi connectivity index (χ2n) is 10.1. The van der Waals surface area contributed by atoms with Crippen molar-refractivity contribution in [1.29, 1.82) is 5.26 Å². The average Bonchev–Trinajstić information content (AvgIpc) is 3.31. The molecule has 3 saturated carbocycles. The number of fused-ring (bicyclic) bond motifs is 4. The maximum atomic E-state index is 13.1. The molecule has 0 unspecified atom stereocenters. The summed E-state index contributed by atoms with van der Waals surface area (Å²) in [7, 11) is 3.28. The summed E-state index contributed by atoms with van der Waals surface area (Å²) >= 11 is 0. The Balaban J connectivity index is 1.50.